The van der Waals surface area contributed by atoms with Crippen LogP contribution >= 0.6 is 0 Å². The molecule has 7 heteroatoms. The fraction of sp³-hybridized carbons (Fsp3) is 0.800. The van der Waals surface area contributed by atoms with Crippen LogP contribution in [0.25, 0.3) is 0 Å². The van der Waals surface area contributed by atoms with Crippen LogP contribution in [-0.2, 0) is 0 Å². The van der Waals surface area contributed by atoms with Crippen molar-refractivity contribution in [1.29, 1.82) is 0 Å². The summed E-state index contributed by atoms with van der Waals surface area (Å²) in [6.07, 6.45) is 1.20. The molecule has 0 saturated heterocycles. The summed E-state index contributed by atoms with van der Waals surface area (Å²) in [6.45, 7) is 0.338. The molecule has 1 rings (SSSR count). The molecule has 0 bridgehead atoms. The number of hydrogen-bond acceptors (Lipinski definition) is 4. The summed E-state index contributed by atoms with van der Waals surface area (Å²) < 4.78 is 0. The Morgan fingerprint density at radius 2 is 2.12 bits per heavy atom. The van der Waals surface area contributed by atoms with Crippen LogP contribution in [-0.4, -0.2) is 57.2 Å². The molecule has 0 aliphatic heterocycles. The van der Waals surface area contributed by atoms with Crippen LogP contribution < -0.4 is 5.84 Å². The predicted octanol–water partition coefficient (Wildman–Crippen LogP) is -0.279. The van der Waals surface area contributed by atoms with E-state index in [1.54, 1.807) is 0 Å². The van der Waals surface area contributed by atoms with Crippen molar-refractivity contribution in [3.05, 3.63) is 0 Å². The lowest BCUT2D eigenvalue weighted by atomic mass is 9.99. The van der Waals surface area contributed by atoms with Crippen LogP contribution in [0.1, 0.15) is 19.3 Å². The maximum Gasteiger partial charge on any atom is 0.407 e. The molecular formula is C10H20N3O4+. The quantitative estimate of drug-likeness (QED) is 0.236. The van der Waals surface area contributed by atoms with E-state index in [0.717, 1.165) is 12.8 Å². The number of aliphatic hydroxyl groups excluding tert-OH is 1. The average molecular weight is 246 g/mol. The summed E-state index contributed by atoms with van der Waals surface area (Å²) >= 11 is 0. The highest BCUT2D eigenvalue weighted by atomic mass is 16.5. The number of carbonyl (C=O) groups is 1. The van der Waals surface area contributed by atoms with Crippen molar-refractivity contribution in [2.75, 3.05) is 20.2 Å². The predicted molar refractivity (Wildman–Crippen MR) is 59.8 cm³/mol. The number of hydrogen-bond donors (Lipinski definition) is 4. The summed E-state index contributed by atoms with van der Waals surface area (Å²) in [5, 5.41) is 27.2. The topological polar surface area (TPSA) is 110 Å². The zero-order valence-electron chi connectivity index (χ0n) is 9.91. The van der Waals surface area contributed by atoms with Crippen molar-refractivity contribution in [3.63, 3.8) is 0 Å². The number of nitrogens with zero attached hydrogens (tertiary/aromatic N) is 2. The Balaban J connectivity index is 2.60. The molecule has 17 heavy (non-hydrogen) atoms. The van der Waals surface area contributed by atoms with Gasteiger partial charge in [0.2, 0.25) is 5.71 Å². The molecule has 2 unspecified atom stereocenters. The van der Waals surface area contributed by atoms with Crippen LogP contribution in [0.3, 0.4) is 0 Å². The minimum Gasteiger partial charge on any atom is -0.465 e. The summed E-state index contributed by atoms with van der Waals surface area (Å²) in [4.78, 5) is 12.4. The van der Waals surface area contributed by atoms with Gasteiger partial charge in [0.25, 0.3) is 0 Å². The Bertz CT molecular complexity index is 315. The number of nitrogens with two attached hydrogens (primary N) is 1. The fourth-order valence-corrected chi connectivity index (χ4v) is 2.33. The highest BCUT2D eigenvalue weighted by molar-refractivity contribution is 5.86. The molecule has 0 spiro atoms. The van der Waals surface area contributed by atoms with E-state index in [-0.39, 0.29) is 18.4 Å². The summed E-state index contributed by atoms with van der Waals surface area (Å²) in [6, 6.07) is 0. The number of rotatable bonds is 4. The monoisotopic (exact) mass is 246 g/mol. The van der Waals surface area contributed by atoms with Crippen LogP contribution in [0.4, 0.5) is 4.79 Å². The Morgan fingerprint density at radius 1 is 1.53 bits per heavy atom. The highest BCUT2D eigenvalue weighted by Gasteiger charge is 2.40. The van der Waals surface area contributed by atoms with E-state index in [9.17, 15) is 10.0 Å². The van der Waals surface area contributed by atoms with Crippen molar-refractivity contribution < 1.29 is 25.1 Å². The molecule has 98 valence electrons. The number of hydrazone groups is 1. The Morgan fingerprint density at radius 3 is 2.59 bits per heavy atom. The summed E-state index contributed by atoms with van der Waals surface area (Å²) in [7, 11) is 1.50. The minimum absolute atomic E-state index is 0.0314. The first-order valence-corrected chi connectivity index (χ1v) is 5.62. The molecule has 2 atom stereocenters. The van der Waals surface area contributed by atoms with Gasteiger partial charge in [-0.15, -0.1) is 0 Å². The van der Waals surface area contributed by atoms with Crippen molar-refractivity contribution in [1.82, 2.24) is 4.90 Å². The van der Waals surface area contributed by atoms with Gasteiger partial charge in [-0.05, 0) is 19.3 Å². The van der Waals surface area contributed by atoms with Gasteiger partial charge in [0.1, 0.15) is 0 Å². The third-order valence-corrected chi connectivity index (χ3v) is 3.32. The van der Waals surface area contributed by atoms with Crippen LogP contribution in [0.2, 0.25) is 0 Å². The molecule has 1 amide bonds. The smallest absolute Gasteiger partial charge is 0.407 e. The maximum absolute atomic E-state index is 10.6. The summed E-state index contributed by atoms with van der Waals surface area (Å²) in [5.74, 6) is 5.24. The van der Waals surface area contributed by atoms with Gasteiger partial charge in [-0.3, -0.25) is 5.21 Å². The normalized spacial score (nSPS) is 26.9. The van der Waals surface area contributed by atoms with Crippen molar-refractivity contribution in [2.24, 2.45) is 17.7 Å². The van der Waals surface area contributed by atoms with E-state index >= 15 is 0 Å². The lowest BCUT2D eigenvalue weighted by Gasteiger charge is -2.15. The van der Waals surface area contributed by atoms with Gasteiger partial charge in [-0.2, -0.15) is 5.84 Å². The molecule has 0 heterocycles. The lowest BCUT2D eigenvalue weighted by molar-refractivity contribution is -0.787. The van der Waals surface area contributed by atoms with Crippen molar-refractivity contribution in [3.8, 4) is 0 Å². The van der Waals surface area contributed by atoms with E-state index in [1.165, 1.54) is 11.9 Å². The molecule has 1 fully saturated rings. The van der Waals surface area contributed by atoms with Gasteiger partial charge < -0.3 is 15.1 Å². The number of amides is 1. The van der Waals surface area contributed by atoms with E-state index in [0.29, 0.717) is 23.5 Å². The fourth-order valence-electron chi connectivity index (χ4n) is 2.33. The SMILES string of the molecule is CN(CCC1CCC(CO)C1=[N+](N)O)C(=O)O. The molecule has 0 aromatic carbocycles. The molecule has 0 aromatic rings. The van der Waals surface area contributed by atoms with E-state index in [2.05, 4.69) is 0 Å². The second-order valence-electron chi connectivity index (χ2n) is 4.42. The molecule has 0 radical (unpaired) electrons. The molecule has 5 N–H and O–H groups in total. The molecule has 1 saturated carbocycles. The Kier molecular flexibility index (Phi) is 4.56. The Labute approximate surface area is 99.7 Å². The molecular weight excluding hydrogens is 226 g/mol. The number of aliphatic hydroxyl groups is 1. The van der Waals surface area contributed by atoms with Gasteiger partial charge in [0.05, 0.1) is 17.4 Å². The van der Waals surface area contributed by atoms with Crippen LogP contribution in [0, 0.1) is 11.8 Å². The standard InChI is InChI=1S/C10H19N3O4/c1-12(10(15)16)5-4-7-2-3-8(6-14)9(7)13(11)17/h7-8,14H,2-6,11H2,1H3,(H-,15,16,17)/p+1. The molecule has 1 aliphatic rings. The lowest BCUT2D eigenvalue weighted by Crippen LogP contribution is -2.34. The third kappa shape index (κ3) is 3.23. The first-order chi connectivity index (χ1) is 7.97. The Hall–Kier alpha value is -1.50. The van der Waals surface area contributed by atoms with E-state index in [4.69, 9.17) is 16.1 Å². The maximum atomic E-state index is 10.6. The van der Waals surface area contributed by atoms with Crippen LogP contribution in [0.5, 0.6) is 0 Å². The van der Waals surface area contributed by atoms with Gasteiger partial charge in [-0.1, -0.05) is 0 Å². The zero-order chi connectivity index (χ0) is 13.0. The zero-order valence-corrected chi connectivity index (χ0v) is 9.91. The second-order valence-corrected chi connectivity index (χ2v) is 4.42. The number of carboxylic acid groups (broad SMARTS) is 1. The van der Waals surface area contributed by atoms with E-state index in [1.807, 2.05) is 0 Å². The van der Waals surface area contributed by atoms with Crippen LogP contribution in [0.15, 0.2) is 0 Å². The molecule has 1 aliphatic carbocycles. The third-order valence-electron chi connectivity index (χ3n) is 3.32. The second kappa shape index (κ2) is 5.72. The van der Waals surface area contributed by atoms with Gasteiger partial charge in [0.15, 0.2) is 0 Å². The average Bonchev–Trinajstić information content (AvgIpc) is 2.68. The largest absolute Gasteiger partial charge is 0.465 e. The molecule has 0 aromatic heterocycles. The minimum atomic E-state index is -0.975. The van der Waals surface area contributed by atoms with Crippen molar-refractivity contribution >= 4 is 11.8 Å². The first-order valence-electron chi connectivity index (χ1n) is 5.62. The van der Waals surface area contributed by atoms with Gasteiger partial charge in [-0.25, -0.2) is 4.79 Å². The first kappa shape index (κ1) is 13.6. The van der Waals surface area contributed by atoms with Crippen molar-refractivity contribution in [2.45, 2.75) is 19.3 Å². The summed E-state index contributed by atoms with van der Waals surface area (Å²) in [5.41, 5.74) is 0.603. The van der Waals surface area contributed by atoms with E-state index < -0.39 is 6.09 Å². The highest BCUT2D eigenvalue weighted by Crippen LogP contribution is 2.30. The van der Waals surface area contributed by atoms with Gasteiger partial charge >= 0.3 is 6.09 Å². The molecule has 7 nitrogen and oxygen atoms in total. The number of hydrazine groups is 1. The van der Waals surface area contributed by atoms with Gasteiger partial charge in [0, 0.05) is 19.5 Å².